The van der Waals surface area contributed by atoms with Crippen LogP contribution in [0.2, 0.25) is 25.1 Å². The Morgan fingerprint density at radius 2 is 0.910 bits per heavy atom. The number of anilines is 3. The van der Waals surface area contributed by atoms with E-state index in [0.29, 0.717) is 35.7 Å². The van der Waals surface area contributed by atoms with Crippen molar-refractivity contribution in [1.29, 1.82) is 0 Å². The van der Waals surface area contributed by atoms with Crippen LogP contribution >= 0.6 is 58.0 Å². The minimum Gasteiger partial charge on any atom is -0.400 e. The van der Waals surface area contributed by atoms with Crippen molar-refractivity contribution in [3.8, 4) is 0 Å². The fraction of sp³-hybridized carbons (Fsp3) is 0.640. The zero-order valence-electron chi connectivity index (χ0n) is 45.6. The number of nitrogens with one attached hydrogen (secondary N) is 6. The number of aliphatic hydroxyl groups is 1. The van der Waals surface area contributed by atoms with Crippen LogP contribution in [-0.4, -0.2) is 139 Å². The molecule has 436 valence electrons. The third-order valence-electron chi connectivity index (χ3n) is 12.9. The second-order valence-corrected chi connectivity index (χ2v) is 21.0. The molecule has 0 aliphatic carbocycles. The number of carbonyl (C=O) groups is 2. The summed E-state index contributed by atoms with van der Waals surface area (Å²) >= 11 is 29.0. The van der Waals surface area contributed by atoms with Crippen LogP contribution < -0.4 is 59.9 Å². The Labute approximate surface area is 480 Å². The SMILES string of the molecule is CN1CCCCCC(Nc2cnn(C)c(=O)c2Cl)C1.CO.Cn1ncc(Cl)c(Cl)c1=O.Cn1ncc(NC2CCCCCNC2)c(Cl)c1=O.Cn1ncc(NC2CCCCCNC2=O)c(Cl)c1=O.NC1CCCCCNC1=O. The first-order chi connectivity index (χ1) is 37.3. The van der Waals surface area contributed by atoms with Gasteiger partial charge in [-0.1, -0.05) is 109 Å². The number of hydrogen-bond donors (Lipinski definition) is 8. The molecule has 4 unspecified atom stereocenters. The van der Waals surface area contributed by atoms with Gasteiger partial charge in [0.2, 0.25) is 11.8 Å². The fourth-order valence-electron chi connectivity index (χ4n) is 8.29. The Bertz CT molecular complexity index is 2720. The van der Waals surface area contributed by atoms with Crippen LogP contribution in [0.4, 0.5) is 17.1 Å². The van der Waals surface area contributed by atoms with Crippen molar-refractivity contribution in [3.63, 3.8) is 0 Å². The number of likely N-dealkylation sites (tertiary alicyclic amines) is 1. The molecule has 0 spiro atoms. The molecule has 9 N–H and O–H groups in total. The van der Waals surface area contributed by atoms with Gasteiger partial charge in [0.1, 0.15) is 26.1 Å². The van der Waals surface area contributed by atoms with Gasteiger partial charge in [-0.2, -0.15) is 20.4 Å². The average molecular weight is 1190 g/mol. The number of aromatic nitrogens is 8. The first-order valence-electron chi connectivity index (χ1n) is 26.3. The van der Waals surface area contributed by atoms with Crippen molar-refractivity contribution in [2.75, 3.05) is 69.4 Å². The van der Waals surface area contributed by atoms with E-state index in [0.717, 1.165) is 107 Å². The van der Waals surface area contributed by atoms with Gasteiger partial charge in [-0.05, 0) is 71.5 Å². The van der Waals surface area contributed by atoms with Crippen LogP contribution in [0.25, 0.3) is 0 Å². The van der Waals surface area contributed by atoms with Crippen molar-refractivity contribution < 1.29 is 14.7 Å². The van der Waals surface area contributed by atoms with Gasteiger partial charge in [0.25, 0.3) is 22.2 Å². The Morgan fingerprint density at radius 1 is 0.500 bits per heavy atom. The lowest BCUT2D eigenvalue weighted by Crippen LogP contribution is -2.41. The predicted molar refractivity (Wildman–Crippen MR) is 312 cm³/mol. The topological polar surface area (TPSA) is 295 Å². The van der Waals surface area contributed by atoms with Crippen LogP contribution in [0.15, 0.2) is 44.0 Å². The highest BCUT2D eigenvalue weighted by Gasteiger charge is 2.22. The standard InChI is InChI=1S/C13H21ClN4O.C12H17ClN4O2.C12H19ClN4O.C7H14N2O.C5H4Cl2N2O.CH4O/c1-17-7-5-3-4-6-10(9-17)16-11-8-15-18(2)13(19)12(11)14;1-17-12(19)10(13)9(7-15-17)16-8-5-3-2-4-6-14-11(8)18;1-17-12(18)11(13)10(8-15-17)16-9-5-3-2-4-6-14-7-9;8-6-4-2-1-3-5-9-7(6)10;1-9-5(10)4(7)3(6)2-8-9;1-2/h8,10,16H,3-7,9H2,1-2H3;7-8,16H,2-6H2,1H3,(H,14,18);8-9,14,16H,2-7H2,1H3;6H,1-5,8H2,(H,9,10);2H,1H3;2H,1H3. The van der Waals surface area contributed by atoms with E-state index in [2.05, 4.69) is 64.2 Å². The van der Waals surface area contributed by atoms with E-state index >= 15 is 0 Å². The smallest absolute Gasteiger partial charge is 0.287 e. The van der Waals surface area contributed by atoms with Gasteiger partial charge in [0, 0.05) is 73.6 Å². The Hall–Kier alpha value is -4.85. The van der Waals surface area contributed by atoms with Gasteiger partial charge in [0.05, 0.1) is 52.9 Å². The molecule has 23 nitrogen and oxygen atoms in total. The quantitative estimate of drug-likeness (QED) is 0.130. The molecule has 4 aliphatic rings. The molecule has 4 fully saturated rings. The van der Waals surface area contributed by atoms with Gasteiger partial charge in [-0.3, -0.25) is 28.8 Å². The molecule has 8 rings (SSSR count). The molecule has 4 aromatic heterocycles. The molecule has 28 heteroatoms. The lowest BCUT2D eigenvalue weighted by molar-refractivity contribution is -0.123. The van der Waals surface area contributed by atoms with E-state index in [4.69, 9.17) is 68.8 Å². The van der Waals surface area contributed by atoms with Crippen molar-refractivity contribution in [2.45, 2.75) is 127 Å². The maximum absolute atomic E-state index is 11.9. The summed E-state index contributed by atoms with van der Waals surface area (Å²) in [7, 11) is 9.35. The van der Waals surface area contributed by atoms with Gasteiger partial charge < -0.3 is 47.6 Å². The molecule has 0 aromatic carbocycles. The summed E-state index contributed by atoms with van der Waals surface area (Å²) in [5, 5.41) is 41.9. The summed E-state index contributed by atoms with van der Waals surface area (Å²) < 4.78 is 4.77. The molecule has 8 heterocycles. The maximum Gasteiger partial charge on any atom is 0.287 e. The minimum absolute atomic E-state index is 0.0131. The number of carbonyl (C=O) groups excluding carboxylic acids is 2. The first-order valence-corrected chi connectivity index (χ1v) is 28.1. The molecule has 0 radical (unpaired) electrons. The highest BCUT2D eigenvalue weighted by Crippen LogP contribution is 2.22. The van der Waals surface area contributed by atoms with Crippen molar-refractivity contribution in [2.24, 2.45) is 33.9 Å². The van der Waals surface area contributed by atoms with E-state index in [1.807, 2.05) is 0 Å². The predicted octanol–water partition coefficient (Wildman–Crippen LogP) is 4.70. The summed E-state index contributed by atoms with van der Waals surface area (Å²) in [5.74, 6) is -0.0452. The Morgan fingerprint density at radius 3 is 1.44 bits per heavy atom. The van der Waals surface area contributed by atoms with E-state index in [-0.39, 0.29) is 71.2 Å². The van der Waals surface area contributed by atoms with E-state index in [9.17, 15) is 28.8 Å². The third kappa shape index (κ3) is 23.1. The maximum atomic E-state index is 11.9. The minimum atomic E-state index is -0.380. The number of rotatable bonds is 6. The van der Waals surface area contributed by atoms with Crippen molar-refractivity contribution in [1.82, 2.24) is 60.0 Å². The summed E-state index contributed by atoms with van der Waals surface area (Å²) in [5.41, 5.74) is 5.94. The number of halogens is 5. The second kappa shape index (κ2) is 36.4. The van der Waals surface area contributed by atoms with Crippen molar-refractivity contribution >= 4 is 86.9 Å². The zero-order valence-corrected chi connectivity index (χ0v) is 49.3. The number of hydrogen-bond acceptors (Lipinski definition) is 17. The van der Waals surface area contributed by atoms with Crippen LogP contribution in [0.3, 0.4) is 0 Å². The van der Waals surface area contributed by atoms with Gasteiger partial charge in [-0.25, -0.2) is 18.7 Å². The number of nitrogens with zero attached hydrogens (tertiary/aromatic N) is 9. The molecule has 4 aromatic rings. The zero-order chi connectivity index (χ0) is 57.7. The average Bonchev–Trinajstić information content (AvgIpc) is 3.41. The molecule has 4 atom stereocenters. The number of aryl methyl sites for hydroxylation is 4. The highest BCUT2D eigenvalue weighted by atomic mass is 35.5. The van der Waals surface area contributed by atoms with Crippen LogP contribution in [0.1, 0.15) is 103 Å². The largest absolute Gasteiger partial charge is 0.400 e. The summed E-state index contributed by atoms with van der Waals surface area (Å²) in [6.45, 7) is 5.53. The van der Waals surface area contributed by atoms with Gasteiger partial charge >= 0.3 is 0 Å². The number of amides is 2. The number of likely N-dealkylation sites (N-methyl/N-ethyl adjacent to an activating group) is 1. The highest BCUT2D eigenvalue weighted by molar-refractivity contribution is 6.41. The van der Waals surface area contributed by atoms with Gasteiger partial charge in [0.15, 0.2) is 0 Å². The molecule has 0 bridgehead atoms. The van der Waals surface area contributed by atoms with Gasteiger partial charge in [-0.15, -0.1) is 0 Å². The summed E-state index contributed by atoms with van der Waals surface area (Å²) in [6.07, 6.45) is 23.6. The van der Waals surface area contributed by atoms with E-state index < -0.39 is 0 Å². The molecule has 78 heavy (non-hydrogen) atoms. The Kier molecular flexibility index (Phi) is 31.5. The molecule has 4 saturated heterocycles. The van der Waals surface area contributed by atoms with E-state index in [1.165, 1.54) is 80.8 Å². The Balaban J connectivity index is 0.000000260. The molecule has 4 aliphatic heterocycles. The normalized spacial score (nSPS) is 20.1. The fourth-order valence-corrected chi connectivity index (χ4v) is 9.26. The lowest BCUT2D eigenvalue weighted by Gasteiger charge is -2.28. The van der Waals surface area contributed by atoms with Crippen LogP contribution in [0.5, 0.6) is 0 Å². The van der Waals surface area contributed by atoms with Crippen LogP contribution in [-0.2, 0) is 37.8 Å². The molecular formula is C50H79Cl5N16O7. The second-order valence-electron chi connectivity index (χ2n) is 19.1. The lowest BCUT2D eigenvalue weighted by atomic mass is 10.0. The molecule has 2 amide bonds. The van der Waals surface area contributed by atoms with E-state index in [1.54, 1.807) is 26.5 Å². The molecular weight excluding hydrogens is 1110 g/mol. The number of aliphatic hydroxyl groups excluding tert-OH is 1. The summed E-state index contributed by atoms with van der Waals surface area (Å²) in [6, 6.07) is -0.0135. The third-order valence-corrected chi connectivity index (χ3v) is 14.7. The number of nitrogens with two attached hydrogens (primary N) is 1. The molecule has 0 saturated carbocycles. The first kappa shape index (κ1) is 67.4. The van der Waals surface area contributed by atoms with Crippen molar-refractivity contribution in [3.05, 3.63) is 91.3 Å². The summed E-state index contributed by atoms with van der Waals surface area (Å²) in [4.78, 5) is 71.1. The van der Waals surface area contributed by atoms with Crippen LogP contribution in [0, 0.1) is 0 Å². The monoisotopic (exact) mass is 1190 g/mol.